The molecule has 116 valence electrons. The van der Waals surface area contributed by atoms with Crippen LogP contribution < -0.4 is 0 Å². The molecule has 1 amide bonds. The van der Waals surface area contributed by atoms with Gasteiger partial charge < -0.3 is 4.90 Å². The Labute approximate surface area is 143 Å². The summed E-state index contributed by atoms with van der Waals surface area (Å²) in [7, 11) is 3.50. The maximum atomic E-state index is 12.1. The lowest BCUT2D eigenvalue weighted by Gasteiger charge is -2.13. The summed E-state index contributed by atoms with van der Waals surface area (Å²) in [5.41, 5.74) is 5.04. The molecule has 0 aliphatic carbocycles. The zero-order valence-corrected chi connectivity index (χ0v) is 14.8. The van der Waals surface area contributed by atoms with E-state index >= 15 is 0 Å². The molecule has 0 atom stereocenters. The number of aromatic nitrogens is 2. The third-order valence-electron chi connectivity index (χ3n) is 3.68. The number of aryl methyl sites for hydroxylation is 1. The van der Waals surface area contributed by atoms with E-state index in [4.69, 9.17) is 4.98 Å². The Morgan fingerprint density at radius 1 is 1.17 bits per heavy atom. The van der Waals surface area contributed by atoms with Crippen molar-refractivity contribution in [2.75, 3.05) is 14.1 Å². The van der Waals surface area contributed by atoms with E-state index in [1.54, 1.807) is 25.2 Å². The van der Waals surface area contributed by atoms with Crippen LogP contribution in [-0.4, -0.2) is 34.9 Å². The molecule has 0 unspecified atom stereocenters. The molecular formula is C18H16BrN3O. The van der Waals surface area contributed by atoms with E-state index in [9.17, 15) is 4.79 Å². The van der Waals surface area contributed by atoms with E-state index in [2.05, 4.69) is 20.9 Å². The van der Waals surface area contributed by atoms with Crippen LogP contribution in [0.2, 0.25) is 0 Å². The minimum absolute atomic E-state index is 0.00129. The molecule has 3 aromatic rings. The molecule has 0 fully saturated rings. The maximum absolute atomic E-state index is 12.1. The van der Waals surface area contributed by atoms with Gasteiger partial charge in [0.05, 0.1) is 17.4 Å². The molecule has 4 nitrogen and oxygen atoms in total. The first kappa shape index (κ1) is 15.6. The molecule has 5 heteroatoms. The third-order valence-corrected chi connectivity index (χ3v) is 4.32. The van der Waals surface area contributed by atoms with E-state index in [0.29, 0.717) is 5.56 Å². The fourth-order valence-corrected chi connectivity index (χ4v) is 2.89. The summed E-state index contributed by atoms with van der Waals surface area (Å²) >= 11 is 3.51. The number of para-hydroxylation sites is 1. The van der Waals surface area contributed by atoms with Crippen LogP contribution in [0.1, 0.15) is 15.9 Å². The molecular weight excluding hydrogens is 354 g/mol. The van der Waals surface area contributed by atoms with Gasteiger partial charge in [0.1, 0.15) is 5.52 Å². The molecule has 3 rings (SSSR count). The molecule has 0 saturated carbocycles. The van der Waals surface area contributed by atoms with Crippen LogP contribution in [0.4, 0.5) is 0 Å². The lowest BCUT2D eigenvalue weighted by Crippen LogP contribution is -2.22. The van der Waals surface area contributed by atoms with Crippen LogP contribution in [0.5, 0.6) is 0 Å². The highest BCUT2D eigenvalue weighted by Gasteiger charge is 2.13. The fraction of sp³-hybridized carbons (Fsp3) is 0.167. The van der Waals surface area contributed by atoms with Gasteiger partial charge in [0.15, 0.2) is 0 Å². The predicted molar refractivity (Wildman–Crippen MR) is 95.4 cm³/mol. The predicted octanol–water partition coefficient (Wildman–Crippen LogP) is 4.07. The number of carbonyl (C=O) groups excluding carboxylic acids is 1. The SMILES string of the molecule is Cc1cc(-c2cnc3cccc(Br)c3n2)ccc1C(=O)N(C)C. The summed E-state index contributed by atoms with van der Waals surface area (Å²) in [6.07, 6.45) is 1.76. The van der Waals surface area contributed by atoms with Crippen molar-refractivity contribution in [3.05, 3.63) is 58.2 Å². The molecule has 1 heterocycles. The number of hydrogen-bond donors (Lipinski definition) is 0. The van der Waals surface area contributed by atoms with E-state index in [1.165, 1.54) is 0 Å². The van der Waals surface area contributed by atoms with E-state index in [-0.39, 0.29) is 5.91 Å². The second kappa shape index (κ2) is 6.08. The lowest BCUT2D eigenvalue weighted by atomic mass is 10.0. The summed E-state index contributed by atoms with van der Waals surface area (Å²) in [5.74, 6) is 0.00129. The zero-order valence-electron chi connectivity index (χ0n) is 13.2. The highest BCUT2D eigenvalue weighted by Crippen LogP contribution is 2.25. The number of nitrogens with zero attached hydrogens (tertiary/aromatic N) is 3. The van der Waals surface area contributed by atoms with Crippen LogP contribution >= 0.6 is 15.9 Å². The van der Waals surface area contributed by atoms with Crippen LogP contribution in [0.15, 0.2) is 47.1 Å². The van der Waals surface area contributed by atoms with Crippen molar-refractivity contribution in [2.45, 2.75) is 6.92 Å². The largest absolute Gasteiger partial charge is 0.345 e. The lowest BCUT2D eigenvalue weighted by molar-refractivity contribution is 0.0827. The summed E-state index contributed by atoms with van der Waals surface area (Å²) in [6, 6.07) is 11.6. The maximum Gasteiger partial charge on any atom is 0.253 e. The number of fused-ring (bicyclic) bond motifs is 1. The number of halogens is 1. The van der Waals surface area contributed by atoms with Gasteiger partial charge in [0, 0.05) is 29.7 Å². The van der Waals surface area contributed by atoms with Crippen LogP contribution in [0.25, 0.3) is 22.3 Å². The third kappa shape index (κ3) is 2.97. The van der Waals surface area contributed by atoms with E-state index in [0.717, 1.165) is 32.3 Å². The summed E-state index contributed by atoms with van der Waals surface area (Å²) < 4.78 is 0.917. The highest BCUT2D eigenvalue weighted by atomic mass is 79.9. The molecule has 1 aromatic heterocycles. The van der Waals surface area contributed by atoms with E-state index in [1.807, 2.05) is 43.3 Å². The molecule has 23 heavy (non-hydrogen) atoms. The standard InChI is InChI=1S/C18H16BrN3O/c1-11-9-12(7-8-13(11)18(23)22(2)3)16-10-20-15-6-4-5-14(19)17(15)21-16/h4-10H,1-3H3. The van der Waals surface area contributed by atoms with Crippen molar-refractivity contribution < 1.29 is 4.79 Å². The molecule has 0 bridgehead atoms. The average molecular weight is 370 g/mol. The number of carbonyl (C=O) groups is 1. The molecule has 0 saturated heterocycles. The Morgan fingerprint density at radius 2 is 1.96 bits per heavy atom. The first-order chi connectivity index (χ1) is 11.0. The van der Waals surface area contributed by atoms with Gasteiger partial charge in [-0.25, -0.2) is 4.98 Å². The normalized spacial score (nSPS) is 10.8. The van der Waals surface area contributed by atoms with Gasteiger partial charge in [-0.2, -0.15) is 0 Å². The Morgan fingerprint density at radius 3 is 2.65 bits per heavy atom. The topological polar surface area (TPSA) is 46.1 Å². The molecule has 0 radical (unpaired) electrons. The van der Waals surface area contributed by atoms with Gasteiger partial charge in [-0.3, -0.25) is 9.78 Å². The van der Waals surface area contributed by atoms with Crippen molar-refractivity contribution >= 4 is 32.9 Å². The first-order valence-corrected chi connectivity index (χ1v) is 8.00. The Bertz CT molecular complexity index is 906. The van der Waals surface area contributed by atoms with Gasteiger partial charge in [-0.05, 0) is 52.7 Å². The van der Waals surface area contributed by atoms with Gasteiger partial charge in [0.2, 0.25) is 0 Å². The Balaban J connectivity index is 2.07. The molecule has 0 aliphatic rings. The van der Waals surface area contributed by atoms with Crippen molar-refractivity contribution in [3.63, 3.8) is 0 Å². The monoisotopic (exact) mass is 369 g/mol. The average Bonchev–Trinajstić information content (AvgIpc) is 2.54. The van der Waals surface area contributed by atoms with Crippen LogP contribution in [0, 0.1) is 6.92 Å². The molecule has 0 aliphatic heterocycles. The summed E-state index contributed by atoms with van der Waals surface area (Å²) in [4.78, 5) is 22.9. The van der Waals surface area contributed by atoms with Crippen LogP contribution in [-0.2, 0) is 0 Å². The molecule has 2 aromatic carbocycles. The smallest absolute Gasteiger partial charge is 0.253 e. The number of benzene rings is 2. The second-order valence-corrected chi connectivity index (χ2v) is 6.45. The van der Waals surface area contributed by atoms with Gasteiger partial charge in [-0.15, -0.1) is 0 Å². The quantitative estimate of drug-likeness (QED) is 0.683. The minimum Gasteiger partial charge on any atom is -0.345 e. The van der Waals surface area contributed by atoms with Crippen molar-refractivity contribution in [3.8, 4) is 11.3 Å². The van der Waals surface area contributed by atoms with Gasteiger partial charge >= 0.3 is 0 Å². The minimum atomic E-state index is 0.00129. The Hall–Kier alpha value is -2.27. The molecule has 0 spiro atoms. The Kier molecular flexibility index (Phi) is 4.13. The van der Waals surface area contributed by atoms with Crippen molar-refractivity contribution in [1.29, 1.82) is 0 Å². The zero-order chi connectivity index (χ0) is 16.6. The number of hydrogen-bond acceptors (Lipinski definition) is 3. The molecule has 0 N–H and O–H groups in total. The summed E-state index contributed by atoms with van der Waals surface area (Å²) in [6.45, 7) is 1.94. The highest BCUT2D eigenvalue weighted by molar-refractivity contribution is 9.10. The number of rotatable bonds is 2. The van der Waals surface area contributed by atoms with Gasteiger partial charge in [0.25, 0.3) is 5.91 Å². The fourth-order valence-electron chi connectivity index (χ4n) is 2.44. The first-order valence-electron chi connectivity index (χ1n) is 7.21. The van der Waals surface area contributed by atoms with Crippen molar-refractivity contribution in [2.24, 2.45) is 0 Å². The summed E-state index contributed by atoms with van der Waals surface area (Å²) in [5, 5.41) is 0. The second-order valence-electron chi connectivity index (χ2n) is 5.59. The van der Waals surface area contributed by atoms with Crippen LogP contribution in [0.3, 0.4) is 0 Å². The van der Waals surface area contributed by atoms with E-state index < -0.39 is 0 Å². The number of amides is 1. The van der Waals surface area contributed by atoms with Crippen molar-refractivity contribution in [1.82, 2.24) is 14.9 Å². The van der Waals surface area contributed by atoms with Gasteiger partial charge in [-0.1, -0.05) is 12.1 Å².